The Morgan fingerprint density at radius 1 is 1.05 bits per heavy atom. The highest BCUT2D eigenvalue weighted by atomic mass is 19.1. The van der Waals surface area contributed by atoms with E-state index < -0.39 is 31.0 Å². The first-order chi connectivity index (χ1) is 10.6. The summed E-state index contributed by atoms with van der Waals surface area (Å²) in [5.74, 6) is -1.53. The fourth-order valence-corrected chi connectivity index (χ4v) is 1.65. The maximum Gasteiger partial charge on any atom is 0.252 e. The number of alkyl halides is 1. The average Bonchev–Trinajstić information content (AvgIpc) is 2.55. The summed E-state index contributed by atoms with van der Waals surface area (Å²) < 4.78 is 11.9. The molecule has 0 aliphatic heterocycles. The number of aliphatic hydroxyl groups excluding tert-OH is 1. The lowest BCUT2D eigenvalue weighted by Crippen LogP contribution is -2.38. The van der Waals surface area contributed by atoms with E-state index in [1.807, 2.05) is 0 Å². The number of amides is 3. The summed E-state index contributed by atoms with van der Waals surface area (Å²) in [6.45, 7) is -1.60. The standard InChI is InChI=1S/C14H18FN3O4/c15-5-6-16-12(20)8-18-14(22)11-4-2-1-3-10(11)7-17-13(21)9-19/h1-4,19H,5-9H2,(H,16,20)(H,17,21)(H,18,22). The second-order valence-corrected chi connectivity index (χ2v) is 4.31. The molecule has 120 valence electrons. The fourth-order valence-electron chi connectivity index (χ4n) is 1.65. The van der Waals surface area contributed by atoms with Crippen molar-refractivity contribution in [1.82, 2.24) is 16.0 Å². The molecule has 1 aromatic rings. The predicted molar refractivity (Wildman–Crippen MR) is 76.7 cm³/mol. The van der Waals surface area contributed by atoms with Gasteiger partial charge in [0.1, 0.15) is 13.3 Å². The van der Waals surface area contributed by atoms with E-state index in [1.54, 1.807) is 24.3 Å². The fraction of sp³-hybridized carbons (Fsp3) is 0.357. The molecule has 1 aromatic carbocycles. The van der Waals surface area contributed by atoms with Gasteiger partial charge >= 0.3 is 0 Å². The van der Waals surface area contributed by atoms with Crippen molar-refractivity contribution in [2.45, 2.75) is 6.54 Å². The van der Waals surface area contributed by atoms with Crippen LogP contribution >= 0.6 is 0 Å². The molecule has 0 radical (unpaired) electrons. The quantitative estimate of drug-likeness (QED) is 0.499. The van der Waals surface area contributed by atoms with Gasteiger partial charge in [-0.3, -0.25) is 14.4 Å². The molecule has 0 saturated carbocycles. The van der Waals surface area contributed by atoms with E-state index in [2.05, 4.69) is 16.0 Å². The minimum atomic E-state index is -0.674. The Hall–Kier alpha value is -2.48. The van der Waals surface area contributed by atoms with Crippen molar-refractivity contribution in [2.75, 3.05) is 26.4 Å². The number of carbonyl (C=O) groups excluding carboxylic acids is 3. The van der Waals surface area contributed by atoms with Crippen molar-refractivity contribution in [3.05, 3.63) is 35.4 Å². The van der Waals surface area contributed by atoms with Crippen LogP contribution in [0, 0.1) is 0 Å². The molecule has 8 heteroatoms. The summed E-state index contributed by atoms with van der Waals surface area (Å²) in [7, 11) is 0. The topological polar surface area (TPSA) is 108 Å². The van der Waals surface area contributed by atoms with E-state index in [-0.39, 0.29) is 19.6 Å². The zero-order valence-electron chi connectivity index (χ0n) is 11.9. The van der Waals surface area contributed by atoms with E-state index in [0.717, 1.165) is 0 Å². The van der Waals surface area contributed by atoms with Gasteiger partial charge < -0.3 is 21.1 Å². The Balaban J connectivity index is 2.61. The third-order valence-electron chi connectivity index (χ3n) is 2.71. The monoisotopic (exact) mass is 311 g/mol. The Kier molecular flexibility index (Phi) is 7.55. The second-order valence-electron chi connectivity index (χ2n) is 4.31. The number of hydrogen-bond acceptors (Lipinski definition) is 4. The summed E-state index contributed by atoms with van der Waals surface area (Å²) in [4.78, 5) is 34.4. The van der Waals surface area contributed by atoms with Crippen molar-refractivity contribution in [2.24, 2.45) is 0 Å². The second kappa shape index (κ2) is 9.46. The van der Waals surface area contributed by atoms with E-state index in [0.29, 0.717) is 11.1 Å². The minimum absolute atomic E-state index is 0.0804. The molecule has 0 unspecified atom stereocenters. The van der Waals surface area contributed by atoms with E-state index in [4.69, 9.17) is 5.11 Å². The first-order valence-electron chi connectivity index (χ1n) is 6.64. The third kappa shape index (κ3) is 5.88. The van der Waals surface area contributed by atoms with Crippen molar-refractivity contribution in [3.63, 3.8) is 0 Å². The van der Waals surface area contributed by atoms with Gasteiger partial charge in [0.05, 0.1) is 6.54 Å². The molecule has 7 nitrogen and oxygen atoms in total. The highest BCUT2D eigenvalue weighted by molar-refractivity contribution is 5.97. The lowest BCUT2D eigenvalue weighted by molar-refractivity contribution is -0.124. The molecular formula is C14H18FN3O4. The van der Waals surface area contributed by atoms with Crippen LogP contribution < -0.4 is 16.0 Å². The number of halogens is 1. The molecule has 22 heavy (non-hydrogen) atoms. The molecule has 0 spiro atoms. The smallest absolute Gasteiger partial charge is 0.252 e. The zero-order chi connectivity index (χ0) is 16.4. The van der Waals surface area contributed by atoms with E-state index >= 15 is 0 Å². The number of hydrogen-bond donors (Lipinski definition) is 4. The first-order valence-corrected chi connectivity index (χ1v) is 6.64. The van der Waals surface area contributed by atoms with Gasteiger partial charge in [0.15, 0.2) is 0 Å². The van der Waals surface area contributed by atoms with Crippen LogP contribution in [0.1, 0.15) is 15.9 Å². The van der Waals surface area contributed by atoms with Crippen molar-refractivity contribution < 1.29 is 23.9 Å². The van der Waals surface area contributed by atoms with Crippen molar-refractivity contribution in [1.29, 1.82) is 0 Å². The molecule has 0 fully saturated rings. The highest BCUT2D eigenvalue weighted by Gasteiger charge is 2.12. The van der Waals surface area contributed by atoms with Gasteiger partial charge in [-0.25, -0.2) is 4.39 Å². The number of aliphatic hydroxyl groups is 1. The summed E-state index contributed by atoms with van der Waals surface area (Å²) in [5, 5.41) is 15.8. The van der Waals surface area contributed by atoms with Gasteiger partial charge in [0.2, 0.25) is 11.8 Å². The van der Waals surface area contributed by atoms with E-state index in [1.165, 1.54) is 0 Å². The Morgan fingerprint density at radius 3 is 2.45 bits per heavy atom. The highest BCUT2D eigenvalue weighted by Crippen LogP contribution is 2.08. The lowest BCUT2D eigenvalue weighted by atomic mass is 10.1. The zero-order valence-corrected chi connectivity index (χ0v) is 11.9. The van der Waals surface area contributed by atoms with Gasteiger partial charge in [-0.05, 0) is 11.6 Å². The van der Waals surface area contributed by atoms with Gasteiger partial charge in [0, 0.05) is 18.7 Å². The number of rotatable bonds is 8. The van der Waals surface area contributed by atoms with Gasteiger partial charge in [-0.1, -0.05) is 18.2 Å². The van der Waals surface area contributed by atoms with Gasteiger partial charge in [-0.15, -0.1) is 0 Å². The Bertz CT molecular complexity index is 537. The number of carbonyl (C=O) groups is 3. The number of nitrogens with one attached hydrogen (secondary N) is 3. The largest absolute Gasteiger partial charge is 0.387 e. The average molecular weight is 311 g/mol. The molecule has 0 atom stereocenters. The summed E-state index contributed by atoms with van der Waals surface area (Å²) in [6.07, 6.45) is 0. The maximum atomic E-state index is 12.0. The molecule has 0 aromatic heterocycles. The van der Waals surface area contributed by atoms with Crippen LogP contribution in [0.25, 0.3) is 0 Å². The van der Waals surface area contributed by atoms with Crippen molar-refractivity contribution in [3.8, 4) is 0 Å². The predicted octanol–water partition coefficient (Wildman–Crippen LogP) is -0.889. The Morgan fingerprint density at radius 2 is 1.77 bits per heavy atom. The molecule has 0 bridgehead atoms. The third-order valence-corrected chi connectivity index (χ3v) is 2.71. The molecule has 4 N–H and O–H groups in total. The van der Waals surface area contributed by atoms with Crippen LogP contribution in [0.3, 0.4) is 0 Å². The van der Waals surface area contributed by atoms with Gasteiger partial charge in [0.25, 0.3) is 5.91 Å². The maximum absolute atomic E-state index is 12.0. The summed E-state index contributed by atoms with van der Waals surface area (Å²) in [5.41, 5.74) is 0.852. The van der Waals surface area contributed by atoms with Crippen LogP contribution in [0.5, 0.6) is 0 Å². The summed E-state index contributed by atoms with van der Waals surface area (Å²) in [6, 6.07) is 6.55. The lowest BCUT2D eigenvalue weighted by Gasteiger charge is -2.10. The molecule has 0 heterocycles. The first kappa shape index (κ1) is 17.6. The van der Waals surface area contributed by atoms with Crippen LogP contribution in [-0.4, -0.2) is 49.2 Å². The number of benzene rings is 1. The normalized spacial score (nSPS) is 9.91. The van der Waals surface area contributed by atoms with Crippen LogP contribution in [-0.2, 0) is 16.1 Å². The van der Waals surface area contributed by atoms with Crippen LogP contribution in [0.15, 0.2) is 24.3 Å². The molecule has 0 saturated heterocycles. The van der Waals surface area contributed by atoms with Crippen LogP contribution in [0.4, 0.5) is 4.39 Å². The van der Waals surface area contributed by atoms with Crippen molar-refractivity contribution >= 4 is 17.7 Å². The molecule has 0 aliphatic carbocycles. The van der Waals surface area contributed by atoms with Crippen LogP contribution in [0.2, 0.25) is 0 Å². The molecule has 3 amide bonds. The van der Waals surface area contributed by atoms with E-state index in [9.17, 15) is 18.8 Å². The molecule has 1 rings (SSSR count). The molecule has 0 aliphatic rings. The minimum Gasteiger partial charge on any atom is -0.387 e. The summed E-state index contributed by atoms with van der Waals surface area (Å²) >= 11 is 0. The SMILES string of the molecule is O=C(CO)NCc1ccccc1C(=O)NCC(=O)NCCF. The molecular weight excluding hydrogens is 293 g/mol. The Labute approximate surface area is 126 Å². The van der Waals surface area contributed by atoms with Gasteiger partial charge in [-0.2, -0.15) is 0 Å².